The van der Waals surface area contributed by atoms with Gasteiger partial charge in [0.25, 0.3) is 0 Å². The van der Waals surface area contributed by atoms with Crippen molar-refractivity contribution in [3.05, 3.63) is 0 Å². The van der Waals surface area contributed by atoms with E-state index in [1.165, 1.54) is 0 Å². The fourth-order valence-electron chi connectivity index (χ4n) is 0.689. The van der Waals surface area contributed by atoms with E-state index in [0.29, 0.717) is 12.3 Å². The molecular weight excluding hydrogens is 116 g/mol. The van der Waals surface area contributed by atoms with Gasteiger partial charge in [-0.3, -0.25) is 0 Å². The van der Waals surface area contributed by atoms with E-state index >= 15 is 0 Å². The number of hydrogen-bond acceptors (Lipinski definition) is 2. The molecule has 0 bridgehead atoms. The molecule has 0 rings (SSSR count). The van der Waals surface area contributed by atoms with Gasteiger partial charge in [0.1, 0.15) is 0 Å². The Bertz CT molecular complexity index is 63.9. The average molecular weight is 132 g/mol. The van der Waals surface area contributed by atoms with E-state index in [9.17, 15) is 0 Å². The normalized spacial score (nSPS) is 17.3. The molecule has 0 aliphatic carbocycles. The zero-order chi connectivity index (χ0) is 7.28. The van der Waals surface area contributed by atoms with Crippen molar-refractivity contribution >= 4 is 0 Å². The topological polar surface area (TPSA) is 40.5 Å². The van der Waals surface area contributed by atoms with Crippen LogP contribution in [0.15, 0.2) is 0 Å². The lowest BCUT2D eigenvalue weighted by Crippen LogP contribution is -2.17. The van der Waals surface area contributed by atoms with Gasteiger partial charge in [-0.05, 0) is 12.3 Å². The highest BCUT2D eigenvalue weighted by Crippen LogP contribution is 2.09. The molecule has 0 saturated carbocycles. The fourth-order valence-corrected chi connectivity index (χ4v) is 0.689. The van der Waals surface area contributed by atoms with Gasteiger partial charge in [-0.15, -0.1) is 0 Å². The van der Waals surface area contributed by atoms with Crippen LogP contribution in [0.4, 0.5) is 0 Å². The van der Waals surface area contributed by atoms with Crippen LogP contribution in [-0.4, -0.2) is 22.9 Å². The van der Waals surface area contributed by atoms with E-state index in [1.54, 1.807) is 0 Å². The maximum Gasteiger partial charge on any atom is 0.0587 e. The first kappa shape index (κ1) is 8.92. The van der Waals surface area contributed by atoms with Crippen LogP contribution in [0.1, 0.15) is 26.7 Å². The summed E-state index contributed by atoms with van der Waals surface area (Å²) in [5, 5.41) is 17.6. The van der Waals surface area contributed by atoms with Gasteiger partial charge < -0.3 is 10.2 Å². The summed E-state index contributed by atoms with van der Waals surface area (Å²) in [6, 6.07) is 0. The molecule has 0 aliphatic heterocycles. The molecule has 2 nitrogen and oxygen atoms in total. The highest BCUT2D eigenvalue weighted by atomic mass is 16.3. The van der Waals surface area contributed by atoms with E-state index < -0.39 is 0 Å². The van der Waals surface area contributed by atoms with E-state index in [4.69, 9.17) is 10.2 Å². The van der Waals surface area contributed by atoms with Gasteiger partial charge in [-0.25, -0.2) is 0 Å². The monoisotopic (exact) mass is 132 g/mol. The first-order chi connectivity index (χ1) is 4.22. The summed E-state index contributed by atoms with van der Waals surface area (Å²) in [5.74, 6) is 0.317. The molecular formula is C7H16O2. The largest absolute Gasteiger partial charge is 0.396 e. The Balaban J connectivity index is 3.32. The van der Waals surface area contributed by atoms with E-state index in [-0.39, 0.29) is 12.7 Å². The van der Waals surface area contributed by atoms with Crippen molar-refractivity contribution in [2.24, 2.45) is 5.92 Å². The maximum absolute atomic E-state index is 9.16. The Hall–Kier alpha value is -0.0800. The first-order valence-corrected chi connectivity index (χ1v) is 3.51. The van der Waals surface area contributed by atoms with Crippen LogP contribution >= 0.6 is 0 Å². The van der Waals surface area contributed by atoms with Gasteiger partial charge in [-0.1, -0.05) is 20.3 Å². The van der Waals surface area contributed by atoms with Crippen LogP contribution in [0.5, 0.6) is 0 Å². The Morgan fingerprint density at radius 2 is 2.00 bits per heavy atom. The summed E-state index contributed by atoms with van der Waals surface area (Å²) in [5.41, 5.74) is 0. The molecule has 0 fully saturated rings. The summed E-state index contributed by atoms with van der Waals surface area (Å²) in [6.45, 7) is 4.11. The Kier molecular flexibility index (Phi) is 4.72. The molecule has 0 heterocycles. The third-order valence-corrected chi connectivity index (χ3v) is 1.73. The summed E-state index contributed by atoms with van der Waals surface area (Å²) >= 11 is 0. The SMILES string of the molecule is CCC(C)C(O)CCO. The molecule has 2 heteroatoms. The van der Waals surface area contributed by atoms with E-state index in [0.717, 1.165) is 6.42 Å². The lowest BCUT2D eigenvalue weighted by molar-refractivity contribution is 0.0844. The van der Waals surface area contributed by atoms with E-state index in [1.807, 2.05) is 13.8 Å². The van der Waals surface area contributed by atoms with Crippen molar-refractivity contribution in [1.82, 2.24) is 0 Å². The third kappa shape index (κ3) is 3.49. The number of hydrogen-bond donors (Lipinski definition) is 2. The molecule has 0 saturated heterocycles. The molecule has 9 heavy (non-hydrogen) atoms. The first-order valence-electron chi connectivity index (χ1n) is 3.51. The summed E-state index contributed by atoms with van der Waals surface area (Å²) in [6.07, 6.45) is 1.16. The van der Waals surface area contributed by atoms with Crippen LogP contribution in [-0.2, 0) is 0 Å². The minimum absolute atomic E-state index is 0.0888. The Morgan fingerprint density at radius 1 is 1.44 bits per heavy atom. The highest BCUT2D eigenvalue weighted by Gasteiger charge is 2.09. The fraction of sp³-hybridized carbons (Fsp3) is 1.00. The van der Waals surface area contributed by atoms with Gasteiger partial charge in [-0.2, -0.15) is 0 Å². The molecule has 0 spiro atoms. The standard InChI is InChI=1S/C7H16O2/c1-3-6(2)7(9)4-5-8/h6-9H,3-5H2,1-2H3. The summed E-state index contributed by atoms with van der Waals surface area (Å²) in [4.78, 5) is 0. The average Bonchev–Trinajstić information content (AvgIpc) is 1.87. The smallest absolute Gasteiger partial charge is 0.0587 e. The lowest BCUT2D eigenvalue weighted by atomic mass is 10.00. The Morgan fingerprint density at radius 3 is 2.33 bits per heavy atom. The van der Waals surface area contributed by atoms with Crippen molar-refractivity contribution in [1.29, 1.82) is 0 Å². The van der Waals surface area contributed by atoms with Gasteiger partial charge in [0.15, 0.2) is 0 Å². The van der Waals surface area contributed by atoms with Crippen LogP contribution in [0.3, 0.4) is 0 Å². The van der Waals surface area contributed by atoms with Crippen molar-refractivity contribution in [2.75, 3.05) is 6.61 Å². The molecule has 2 N–H and O–H groups in total. The van der Waals surface area contributed by atoms with E-state index in [2.05, 4.69) is 0 Å². The third-order valence-electron chi connectivity index (χ3n) is 1.73. The van der Waals surface area contributed by atoms with Crippen molar-refractivity contribution in [2.45, 2.75) is 32.8 Å². The number of rotatable bonds is 4. The summed E-state index contributed by atoms with van der Waals surface area (Å²) < 4.78 is 0. The molecule has 0 aliphatic rings. The second-order valence-electron chi connectivity index (χ2n) is 2.47. The number of aliphatic hydroxyl groups excluding tert-OH is 2. The van der Waals surface area contributed by atoms with Crippen molar-refractivity contribution < 1.29 is 10.2 Å². The molecule has 0 amide bonds. The van der Waals surface area contributed by atoms with Crippen LogP contribution in [0.25, 0.3) is 0 Å². The maximum atomic E-state index is 9.16. The van der Waals surface area contributed by atoms with Gasteiger partial charge in [0, 0.05) is 6.61 Å². The predicted octanol–water partition coefficient (Wildman–Crippen LogP) is 0.776. The van der Waals surface area contributed by atoms with Gasteiger partial charge in [0.05, 0.1) is 6.10 Å². The highest BCUT2D eigenvalue weighted by molar-refractivity contribution is 4.61. The summed E-state index contributed by atoms with van der Waals surface area (Å²) in [7, 11) is 0. The van der Waals surface area contributed by atoms with Crippen molar-refractivity contribution in [3.63, 3.8) is 0 Å². The lowest BCUT2D eigenvalue weighted by Gasteiger charge is -2.14. The Labute approximate surface area is 56.5 Å². The second-order valence-corrected chi connectivity index (χ2v) is 2.47. The van der Waals surface area contributed by atoms with Crippen LogP contribution < -0.4 is 0 Å². The molecule has 2 unspecified atom stereocenters. The van der Waals surface area contributed by atoms with Gasteiger partial charge in [0.2, 0.25) is 0 Å². The van der Waals surface area contributed by atoms with Crippen LogP contribution in [0, 0.1) is 5.92 Å². The molecule has 0 aromatic heterocycles. The second kappa shape index (κ2) is 4.77. The molecule has 0 radical (unpaired) electrons. The minimum Gasteiger partial charge on any atom is -0.396 e. The molecule has 56 valence electrons. The zero-order valence-corrected chi connectivity index (χ0v) is 6.17. The van der Waals surface area contributed by atoms with Crippen LogP contribution in [0.2, 0.25) is 0 Å². The minimum atomic E-state index is -0.319. The van der Waals surface area contributed by atoms with Crippen molar-refractivity contribution in [3.8, 4) is 0 Å². The molecule has 0 aromatic rings. The molecule has 0 aromatic carbocycles. The van der Waals surface area contributed by atoms with Gasteiger partial charge >= 0.3 is 0 Å². The zero-order valence-electron chi connectivity index (χ0n) is 6.17. The quantitative estimate of drug-likeness (QED) is 0.593. The predicted molar refractivity (Wildman–Crippen MR) is 37.2 cm³/mol. The number of aliphatic hydroxyl groups is 2. The molecule has 2 atom stereocenters.